The Morgan fingerprint density at radius 1 is 0.970 bits per heavy atom. The lowest BCUT2D eigenvalue weighted by Crippen LogP contribution is -2.50. The molecule has 7 heteroatoms. The van der Waals surface area contributed by atoms with Crippen molar-refractivity contribution in [1.29, 1.82) is 0 Å². The third-order valence-electron chi connectivity index (χ3n) is 6.98. The van der Waals surface area contributed by atoms with Gasteiger partial charge in [0.25, 0.3) is 0 Å². The molecule has 0 spiro atoms. The Morgan fingerprint density at radius 2 is 1.70 bits per heavy atom. The Bertz CT molecular complexity index is 1300. The van der Waals surface area contributed by atoms with Crippen LogP contribution in [0.3, 0.4) is 0 Å². The van der Waals surface area contributed by atoms with Gasteiger partial charge in [0.1, 0.15) is 5.82 Å². The van der Waals surface area contributed by atoms with Crippen LogP contribution in [0.4, 0.5) is 5.95 Å². The standard InChI is InChI=1S/C26H28N6O/c1-2-20(18-8-4-3-5-9-18)25(33)30-14-16-31(17-15-30)26-27-22-11-7-6-10-21(22)24-29-28-23(32(24)26)19-12-13-19/h3-11,19-20H,2,12-17H2,1H3/t20-/m1/s1. The summed E-state index contributed by atoms with van der Waals surface area (Å²) in [7, 11) is 0. The van der Waals surface area contributed by atoms with Crippen molar-refractivity contribution in [2.75, 3.05) is 31.1 Å². The van der Waals surface area contributed by atoms with Gasteiger partial charge < -0.3 is 9.80 Å². The summed E-state index contributed by atoms with van der Waals surface area (Å²) in [6.45, 7) is 4.98. The Hall–Kier alpha value is -3.48. The maximum absolute atomic E-state index is 13.3. The highest BCUT2D eigenvalue weighted by Gasteiger charge is 2.33. The van der Waals surface area contributed by atoms with Crippen LogP contribution in [0, 0.1) is 0 Å². The number of nitrogens with zero attached hydrogens (tertiary/aromatic N) is 6. The van der Waals surface area contributed by atoms with Crippen LogP contribution in [0.2, 0.25) is 0 Å². The quantitative estimate of drug-likeness (QED) is 0.469. The number of anilines is 1. The van der Waals surface area contributed by atoms with Crippen molar-refractivity contribution in [3.05, 3.63) is 66.0 Å². The molecule has 0 N–H and O–H groups in total. The zero-order valence-corrected chi connectivity index (χ0v) is 18.9. The summed E-state index contributed by atoms with van der Waals surface area (Å²) in [4.78, 5) is 22.7. The van der Waals surface area contributed by atoms with E-state index in [4.69, 9.17) is 4.98 Å². The minimum Gasteiger partial charge on any atom is -0.339 e. The molecule has 1 saturated carbocycles. The molecule has 0 bridgehead atoms. The lowest BCUT2D eigenvalue weighted by molar-refractivity contribution is -0.133. The summed E-state index contributed by atoms with van der Waals surface area (Å²) >= 11 is 0. The van der Waals surface area contributed by atoms with Gasteiger partial charge in [-0.3, -0.25) is 4.79 Å². The average molecular weight is 441 g/mol. The number of carbonyl (C=O) groups is 1. The van der Waals surface area contributed by atoms with Crippen molar-refractivity contribution in [2.45, 2.75) is 38.0 Å². The fourth-order valence-electron chi connectivity index (χ4n) is 4.99. The minimum absolute atomic E-state index is 0.0810. The second kappa shape index (κ2) is 8.14. The van der Waals surface area contributed by atoms with Crippen LogP contribution in [0.5, 0.6) is 0 Å². The van der Waals surface area contributed by atoms with Gasteiger partial charge in [0.15, 0.2) is 5.65 Å². The van der Waals surface area contributed by atoms with Crippen LogP contribution in [-0.4, -0.2) is 56.6 Å². The first-order valence-electron chi connectivity index (χ1n) is 12.0. The van der Waals surface area contributed by atoms with Gasteiger partial charge in [0.05, 0.1) is 11.4 Å². The summed E-state index contributed by atoms with van der Waals surface area (Å²) in [6.07, 6.45) is 3.13. The molecule has 1 aliphatic carbocycles. The first kappa shape index (κ1) is 20.1. The Kier molecular flexibility index (Phi) is 4.97. The third kappa shape index (κ3) is 3.52. The maximum atomic E-state index is 13.3. The number of rotatable bonds is 5. The second-order valence-corrected chi connectivity index (χ2v) is 9.10. The molecule has 33 heavy (non-hydrogen) atoms. The molecule has 7 nitrogen and oxygen atoms in total. The van der Waals surface area contributed by atoms with Crippen LogP contribution in [-0.2, 0) is 4.79 Å². The van der Waals surface area contributed by atoms with Gasteiger partial charge in [0.2, 0.25) is 11.9 Å². The van der Waals surface area contributed by atoms with E-state index < -0.39 is 0 Å². The van der Waals surface area contributed by atoms with E-state index in [0.717, 1.165) is 66.2 Å². The molecular weight excluding hydrogens is 412 g/mol. The van der Waals surface area contributed by atoms with Crippen LogP contribution >= 0.6 is 0 Å². The highest BCUT2D eigenvalue weighted by Crippen LogP contribution is 2.40. The van der Waals surface area contributed by atoms with Gasteiger partial charge in [-0.1, -0.05) is 49.4 Å². The van der Waals surface area contributed by atoms with Gasteiger partial charge >= 0.3 is 0 Å². The number of fused-ring (bicyclic) bond motifs is 3. The number of carbonyl (C=O) groups excluding carboxylic acids is 1. The van der Waals surface area contributed by atoms with E-state index in [9.17, 15) is 4.79 Å². The van der Waals surface area contributed by atoms with Crippen LogP contribution in [0.25, 0.3) is 16.6 Å². The molecule has 3 heterocycles. The molecule has 0 unspecified atom stereocenters. The number of hydrogen-bond acceptors (Lipinski definition) is 5. The topological polar surface area (TPSA) is 66.6 Å². The highest BCUT2D eigenvalue weighted by atomic mass is 16.2. The lowest BCUT2D eigenvalue weighted by Gasteiger charge is -2.37. The SMILES string of the molecule is CC[C@@H](C(=O)N1CCN(c2nc3ccccc3c3nnc(C4CC4)n23)CC1)c1ccccc1. The Morgan fingerprint density at radius 3 is 2.42 bits per heavy atom. The third-order valence-corrected chi connectivity index (χ3v) is 6.98. The monoisotopic (exact) mass is 440 g/mol. The maximum Gasteiger partial charge on any atom is 0.230 e. The predicted molar refractivity (Wildman–Crippen MR) is 129 cm³/mol. The van der Waals surface area contributed by atoms with E-state index in [0.29, 0.717) is 19.0 Å². The molecule has 6 rings (SSSR count). The van der Waals surface area contributed by atoms with Crippen LogP contribution in [0.15, 0.2) is 54.6 Å². The van der Waals surface area contributed by atoms with Gasteiger partial charge in [-0.05, 0) is 37.0 Å². The highest BCUT2D eigenvalue weighted by molar-refractivity contribution is 5.92. The van der Waals surface area contributed by atoms with Crippen LogP contribution in [0.1, 0.15) is 49.4 Å². The van der Waals surface area contributed by atoms with Crippen molar-refractivity contribution in [2.24, 2.45) is 0 Å². The van der Waals surface area contributed by atoms with Gasteiger partial charge in [-0.15, -0.1) is 10.2 Å². The molecule has 2 fully saturated rings. The molecule has 2 aliphatic rings. The molecule has 2 aromatic heterocycles. The molecular formula is C26H28N6O. The smallest absolute Gasteiger partial charge is 0.230 e. The summed E-state index contributed by atoms with van der Waals surface area (Å²) < 4.78 is 2.16. The molecule has 0 radical (unpaired) electrons. The van der Waals surface area contributed by atoms with Gasteiger partial charge in [0, 0.05) is 37.5 Å². The number of benzene rings is 2. The molecule has 1 aliphatic heterocycles. The molecule has 1 amide bonds. The van der Waals surface area contributed by atoms with Gasteiger partial charge in [-0.2, -0.15) is 0 Å². The zero-order valence-electron chi connectivity index (χ0n) is 18.9. The summed E-state index contributed by atoms with van der Waals surface area (Å²) in [5.41, 5.74) is 2.92. The molecule has 1 atom stereocenters. The van der Waals surface area contributed by atoms with Crippen molar-refractivity contribution in [1.82, 2.24) is 24.5 Å². The normalized spacial score (nSPS) is 17.6. The molecule has 2 aromatic carbocycles. The first-order valence-corrected chi connectivity index (χ1v) is 12.0. The molecule has 4 aromatic rings. The van der Waals surface area contributed by atoms with Crippen LogP contribution < -0.4 is 4.90 Å². The number of hydrogen-bond donors (Lipinski definition) is 0. The first-order chi connectivity index (χ1) is 16.2. The molecule has 168 valence electrons. The largest absolute Gasteiger partial charge is 0.339 e. The fraction of sp³-hybridized carbons (Fsp3) is 0.385. The fourth-order valence-corrected chi connectivity index (χ4v) is 4.99. The van der Waals surface area contributed by atoms with E-state index in [-0.39, 0.29) is 11.8 Å². The van der Waals surface area contributed by atoms with E-state index in [1.54, 1.807) is 0 Å². The Labute approximate surface area is 193 Å². The summed E-state index contributed by atoms with van der Waals surface area (Å²) in [5, 5.41) is 10.1. The van der Waals surface area contributed by atoms with Crippen molar-refractivity contribution >= 4 is 28.4 Å². The van der Waals surface area contributed by atoms with E-state index in [2.05, 4.69) is 44.6 Å². The second-order valence-electron chi connectivity index (χ2n) is 9.10. The Balaban J connectivity index is 1.29. The van der Waals surface area contributed by atoms with Gasteiger partial charge in [-0.25, -0.2) is 9.38 Å². The number of piperazine rings is 1. The van der Waals surface area contributed by atoms with Crippen molar-refractivity contribution in [3.8, 4) is 0 Å². The number of aromatic nitrogens is 4. The average Bonchev–Trinajstić information content (AvgIpc) is 3.62. The predicted octanol–water partition coefficient (Wildman–Crippen LogP) is 4.00. The summed E-state index contributed by atoms with van der Waals surface area (Å²) in [5.74, 6) is 2.54. The number of para-hydroxylation sites is 1. The van der Waals surface area contributed by atoms with E-state index >= 15 is 0 Å². The van der Waals surface area contributed by atoms with Crippen molar-refractivity contribution < 1.29 is 4.79 Å². The summed E-state index contributed by atoms with van der Waals surface area (Å²) in [6, 6.07) is 18.3. The van der Waals surface area contributed by atoms with Crippen molar-refractivity contribution in [3.63, 3.8) is 0 Å². The number of amides is 1. The zero-order chi connectivity index (χ0) is 22.4. The molecule has 1 saturated heterocycles. The van der Waals surface area contributed by atoms with E-state index in [1.165, 1.54) is 0 Å². The minimum atomic E-state index is -0.0810. The van der Waals surface area contributed by atoms with E-state index in [1.807, 2.05) is 41.3 Å². The lowest BCUT2D eigenvalue weighted by atomic mass is 9.95.